The first kappa shape index (κ1) is 13.8. The molecule has 104 valence electrons. The fourth-order valence-electron chi connectivity index (χ4n) is 2.39. The predicted octanol–water partition coefficient (Wildman–Crippen LogP) is 1.60. The lowest BCUT2D eigenvalue weighted by Gasteiger charge is -2.28. The molecule has 5 heteroatoms. The van der Waals surface area contributed by atoms with Gasteiger partial charge >= 0.3 is 0 Å². The number of hydrogen-bond donors (Lipinski definition) is 0. The van der Waals surface area contributed by atoms with Crippen LogP contribution >= 0.6 is 0 Å². The van der Waals surface area contributed by atoms with Crippen molar-refractivity contribution in [3.8, 4) is 0 Å². The number of anilines is 1. The lowest BCUT2D eigenvalue weighted by Crippen LogP contribution is -2.32. The smallest absolute Gasteiger partial charge is 0.268 e. The van der Waals surface area contributed by atoms with Gasteiger partial charge in [-0.3, -0.25) is 4.79 Å². The van der Waals surface area contributed by atoms with Crippen LogP contribution in [0.15, 0.2) is 17.1 Å². The van der Waals surface area contributed by atoms with E-state index in [4.69, 9.17) is 0 Å². The molecule has 0 radical (unpaired) electrons. The topological polar surface area (TPSA) is 55.2 Å². The lowest BCUT2D eigenvalue weighted by molar-refractivity contribution is -0.117. The van der Waals surface area contributed by atoms with Crippen molar-refractivity contribution in [2.75, 3.05) is 18.0 Å². The van der Waals surface area contributed by atoms with E-state index in [9.17, 15) is 9.59 Å². The van der Waals surface area contributed by atoms with Crippen LogP contribution < -0.4 is 10.5 Å². The molecule has 0 aliphatic carbocycles. The Labute approximate surface area is 113 Å². The van der Waals surface area contributed by atoms with Crippen LogP contribution in [0, 0.1) is 0 Å². The number of piperidine rings is 1. The van der Waals surface area contributed by atoms with Crippen molar-refractivity contribution >= 4 is 11.5 Å². The number of ketones is 1. The molecule has 1 aromatic heterocycles. The Morgan fingerprint density at radius 2 is 2.05 bits per heavy atom. The van der Waals surface area contributed by atoms with Gasteiger partial charge in [0, 0.05) is 32.1 Å². The summed E-state index contributed by atoms with van der Waals surface area (Å²) in [4.78, 5) is 25.0. The molecule has 0 bridgehead atoms. The van der Waals surface area contributed by atoms with Crippen molar-refractivity contribution in [2.24, 2.45) is 0 Å². The first-order valence-corrected chi connectivity index (χ1v) is 6.98. The molecular weight excluding hydrogens is 242 g/mol. The van der Waals surface area contributed by atoms with Gasteiger partial charge in [-0.2, -0.15) is 5.10 Å². The molecule has 0 unspecified atom stereocenters. The van der Waals surface area contributed by atoms with E-state index in [1.165, 1.54) is 23.9 Å². The summed E-state index contributed by atoms with van der Waals surface area (Å²) >= 11 is 0. The van der Waals surface area contributed by atoms with Gasteiger partial charge < -0.3 is 9.69 Å². The van der Waals surface area contributed by atoms with Crippen LogP contribution in [0.1, 0.15) is 39.0 Å². The van der Waals surface area contributed by atoms with Crippen LogP contribution in [-0.2, 0) is 11.3 Å². The monoisotopic (exact) mass is 263 g/mol. The van der Waals surface area contributed by atoms with Crippen molar-refractivity contribution in [3.05, 3.63) is 22.6 Å². The van der Waals surface area contributed by atoms with Crippen molar-refractivity contribution in [2.45, 2.75) is 45.6 Å². The molecule has 19 heavy (non-hydrogen) atoms. The molecule has 0 saturated carbocycles. The van der Waals surface area contributed by atoms with E-state index in [1.807, 2.05) is 0 Å². The Hall–Kier alpha value is -1.65. The van der Waals surface area contributed by atoms with Crippen molar-refractivity contribution in [3.63, 3.8) is 0 Å². The van der Waals surface area contributed by atoms with E-state index < -0.39 is 0 Å². The molecule has 0 atom stereocenters. The fraction of sp³-hybridized carbons (Fsp3) is 0.643. The van der Waals surface area contributed by atoms with E-state index in [2.05, 4.69) is 10.00 Å². The van der Waals surface area contributed by atoms with Gasteiger partial charge in [0.05, 0.1) is 11.9 Å². The first-order chi connectivity index (χ1) is 9.16. The van der Waals surface area contributed by atoms with Gasteiger partial charge in [-0.05, 0) is 32.6 Å². The molecule has 0 amide bonds. The van der Waals surface area contributed by atoms with Crippen LogP contribution in [0.3, 0.4) is 0 Å². The van der Waals surface area contributed by atoms with Gasteiger partial charge in [0.1, 0.15) is 5.78 Å². The summed E-state index contributed by atoms with van der Waals surface area (Å²) in [5.74, 6) is 0.151. The molecule has 1 fully saturated rings. The van der Waals surface area contributed by atoms with Gasteiger partial charge in [-0.15, -0.1) is 0 Å². The number of aromatic nitrogens is 2. The van der Waals surface area contributed by atoms with Crippen LogP contribution in [-0.4, -0.2) is 28.7 Å². The first-order valence-electron chi connectivity index (χ1n) is 6.98. The summed E-state index contributed by atoms with van der Waals surface area (Å²) in [5.41, 5.74) is 0.846. The number of carbonyl (C=O) groups excluding carboxylic acids is 1. The minimum absolute atomic E-state index is 0.0772. The Morgan fingerprint density at radius 1 is 1.32 bits per heavy atom. The average molecular weight is 263 g/mol. The summed E-state index contributed by atoms with van der Waals surface area (Å²) in [6, 6.07) is 1.66. The van der Waals surface area contributed by atoms with E-state index in [0.717, 1.165) is 18.8 Å². The van der Waals surface area contributed by atoms with Crippen molar-refractivity contribution in [1.29, 1.82) is 0 Å². The van der Waals surface area contributed by atoms with Crippen LogP contribution in [0.4, 0.5) is 5.69 Å². The minimum atomic E-state index is -0.0772. The number of Topliss-reactive ketones (excluding diaryl/α,β-unsaturated/α-hetero) is 1. The maximum atomic E-state index is 11.9. The highest BCUT2D eigenvalue weighted by molar-refractivity contribution is 5.75. The minimum Gasteiger partial charge on any atom is -0.370 e. The highest BCUT2D eigenvalue weighted by atomic mass is 16.1. The molecule has 0 spiro atoms. The van der Waals surface area contributed by atoms with Gasteiger partial charge in [-0.1, -0.05) is 0 Å². The highest BCUT2D eigenvalue weighted by Crippen LogP contribution is 2.16. The summed E-state index contributed by atoms with van der Waals surface area (Å²) in [6.07, 6.45) is 6.57. The predicted molar refractivity (Wildman–Crippen MR) is 74.5 cm³/mol. The Bertz CT molecular complexity index is 490. The standard InChI is InChI=1S/C14H21N3O2/c1-12(18)6-5-9-17-14(19)10-13(11-15-17)16-7-3-2-4-8-16/h10-11H,2-9H2,1H3. The average Bonchev–Trinajstić information content (AvgIpc) is 2.41. The van der Waals surface area contributed by atoms with Crippen LogP contribution in [0.5, 0.6) is 0 Å². The summed E-state index contributed by atoms with van der Waals surface area (Å²) < 4.78 is 1.44. The Morgan fingerprint density at radius 3 is 2.68 bits per heavy atom. The van der Waals surface area contributed by atoms with Gasteiger partial charge in [-0.25, -0.2) is 4.68 Å². The number of carbonyl (C=O) groups is 1. The lowest BCUT2D eigenvalue weighted by atomic mass is 10.1. The van der Waals surface area contributed by atoms with Crippen LogP contribution in [0.2, 0.25) is 0 Å². The molecule has 1 saturated heterocycles. The summed E-state index contributed by atoms with van der Waals surface area (Å²) in [6.45, 7) is 4.10. The van der Waals surface area contributed by atoms with Gasteiger partial charge in [0.15, 0.2) is 0 Å². The molecule has 0 aromatic carbocycles. The van der Waals surface area contributed by atoms with Crippen molar-refractivity contribution in [1.82, 2.24) is 9.78 Å². The Kier molecular flexibility index (Phi) is 4.71. The molecular formula is C14H21N3O2. The van der Waals surface area contributed by atoms with Gasteiger partial charge in [0.2, 0.25) is 0 Å². The number of hydrogen-bond acceptors (Lipinski definition) is 4. The molecule has 0 N–H and O–H groups in total. The third-order valence-corrected chi connectivity index (χ3v) is 3.48. The highest BCUT2D eigenvalue weighted by Gasteiger charge is 2.12. The second kappa shape index (κ2) is 6.50. The summed E-state index contributed by atoms with van der Waals surface area (Å²) in [5, 5.41) is 4.20. The Balaban J connectivity index is 2.00. The molecule has 1 aliphatic heterocycles. The van der Waals surface area contributed by atoms with Crippen LogP contribution in [0.25, 0.3) is 0 Å². The van der Waals surface area contributed by atoms with E-state index in [1.54, 1.807) is 19.2 Å². The van der Waals surface area contributed by atoms with E-state index >= 15 is 0 Å². The fourth-order valence-corrected chi connectivity index (χ4v) is 2.39. The zero-order valence-corrected chi connectivity index (χ0v) is 11.5. The summed E-state index contributed by atoms with van der Waals surface area (Å²) in [7, 11) is 0. The zero-order valence-electron chi connectivity index (χ0n) is 11.5. The number of rotatable bonds is 5. The molecule has 1 aliphatic rings. The molecule has 2 rings (SSSR count). The number of nitrogens with zero attached hydrogens (tertiary/aromatic N) is 3. The molecule has 2 heterocycles. The second-order valence-corrected chi connectivity index (χ2v) is 5.13. The zero-order chi connectivity index (χ0) is 13.7. The van der Waals surface area contributed by atoms with Gasteiger partial charge in [0.25, 0.3) is 5.56 Å². The maximum absolute atomic E-state index is 11.9. The third kappa shape index (κ3) is 3.91. The van der Waals surface area contributed by atoms with E-state index in [-0.39, 0.29) is 11.3 Å². The second-order valence-electron chi connectivity index (χ2n) is 5.13. The van der Waals surface area contributed by atoms with Crippen molar-refractivity contribution < 1.29 is 4.79 Å². The SMILES string of the molecule is CC(=O)CCCn1ncc(N2CCCCC2)cc1=O. The maximum Gasteiger partial charge on any atom is 0.268 e. The molecule has 5 nitrogen and oxygen atoms in total. The normalized spacial score (nSPS) is 15.5. The number of aryl methyl sites for hydroxylation is 1. The molecule has 1 aromatic rings. The quantitative estimate of drug-likeness (QED) is 0.809. The van der Waals surface area contributed by atoms with E-state index in [0.29, 0.717) is 19.4 Å². The third-order valence-electron chi connectivity index (χ3n) is 3.48. The largest absolute Gasteiger partial charge is 0.370 e.